The maximum atomic E-state index is 6.09. The van der Waals surface area contributed by atoms with Crippen molar-refractivity contribution in [2.75, 3.05) is 27.9 Å². The number of methoxy groups -OCH3 is 3. The molecule has 28 heavy (non-hydrogen) atoms. The number of hydrogen-bond donors (Lipinski definition) is 0. The molecule has 0 aliphatic carbocycles. The van der Waals surface area contributed by atoms with Crippen LogP contribution in [0.5, 0.6) is 11.5 Å². The summed E-state index contributed by atoms with van der Waals surface area (Å²) in [5, 5.41) is 0. The second kappa shape index (κ2) is 9.59. The van der Waals surface area contributed by atoms with Crippen molar-refractivity contribution >= 4 is 0 Å². The minimum atomic E-state index is -0.912. The number of hydrogen-bond acceptors (Lipinski definition) is 5. The third-order valence-corrected chi connectivity index (χ3v) is 5.15. The normalized spacial score (nSPS) is 21.4. The third kappa shape index (κ3) is 4.77. The molecule has 1 aromatic rings. The molecule has 1 heterocycles. The molecular weight excluding hydrogens is 356 g/mol. The lowest BCUT2D eigenvalue weighted by molar-refractivity contribution is -0.280. The SMILES string of the molecule is COc1c(C)c(OCC=C(C)CCC=C(C)C)cc2c1[C@@H](OC)O[C@@]2(C)OC. The highest BCUT2D eigenvalue weighted by Gasteiger charge is 2.45. The largest absolute Gasteiger partial charge is 0.496 e. The van der Waals surface area contributed by atoms with Crippen molar-refractivity contribution in [2.24, 2.45) is 0 Å². The van der Waals surface area contributed by atoms with Crippen LogP contribution in [0.3, 0.4) is 0 Å². The van der Waals surface area contributed by atoms with E-state index >= 15 is 0 Å². The molecule has 0 amide bonds. The summed E-state index contributed by atoms with van der Waals surface area (Å²) in [7, 11) is 4.87. The molecule has 5 heteroatoms. The van der Waals surface area contributed by atoms with E-state index in [0.29, 0.717) is 12.4 Å². The first kappa shape index (κ1) is 22.5. The highest BCUT2D eigenvalue weighted by atomic mass is 16.8. The van der Waals surface area contributed by atoms with Crippen LogP contribution < -0.4 is 9.47 Å². The van der Waals surface area contributed by atoms with Gasteiger partial charge in [-0.3, -0.25) is 0 Å². The topological polar surface area (TPSA) is 46.2 Å². The van der Waals surface area contributed by atoms with Crippen LogP contribution in [0.1, 0.15) is 63.5 Å². The zero-order chi connectivity index (χ0) is 20.9. The molecule has 0 N–H and O–H groups in total. The highest BCUT2D eigenvalue weighted by Crippen LogP contribution is 2.51. The molecule has 0 unspecified atom stereocenters. The molecule has 0 spiro atoms. The molecule has 0 fully saturated rings. The third-order valence-electron chi connectivity index (χ3n) is 5.15. The number of allylic oxidation sites excluding steroid dienone is 3. The van der Waals surface area contributed by atoms with E-state index in [1.54, 1.807) is 21.3 Å². The van der Waals surface area contributed by atoms with Gasteiger partial charge in [0.2, 0.25) is 0 Å². The molecular formula is C23H34O5. The molecule has 2 atom stereocenters. The van der Waals surface area contributed by atoms with Crippen molar-refractivity contribution in [2.45, 2.75) is 59.5 Å². The van der Waals surface area contributed by atoms with Gasteiger partial charge < -0.3 is 23.7 Å². The van der Waals surface area contributed by atoms with Gasteiger partial charge in [0, 0.05) is 25.3 Å². The van der Waals surface area contributed by atoms with E-state index < -0.39 is 12.1 Å². The van der Waals surface area contributed by atoms with Gasteiger partial charge in [-0.15, -0.1) is 0 Å². The lowest BCUT2D eigenvalue weighted by atomic mass is 9.98. The van der Waals surface area contributed by atoms with Gasteiger partial charge in [-0.05, 0) is 59.6 Å². The van der Waals surface area contributed by atoms with Crippen LogP contribution in [0, 0.1) is 6.92 Å². The maximum Gasteiger partial charge on any atom is 0.195 e. The first-order chi connectivity index (χ1) is 13.3. The van der Waals surface area contributed by atoms with Gasteiger partial charge in [0.15, 0.2) is 12.1 Å². The van der Waals surface area contributed by atoms with Gasteiger partial charge in [0.25, 0.3) is 0 Å². The Morgan fingerprint density at radius 2 is 1.89 bits per heavy atom. The van der Waals surface area contributed by atoms with Crippen molar-refractivity contribution < 1.29 is 23.7 Å². The van der Waals surface area contributed by atoms with Crippen molar-refractivity contribution in [3.63, 3.8) is 0 Å². The average Bonchev–Trinajstić information content (AvgIpc) is 2.94. The van der Waals surface area contributed by atoms with Crippen molar-refractivity contribution in [1.82, 2.24) is 0 Å². The Morgan fingerprint density at radius 1 is 1.18 bits per heavy atom. The number of ether oxygens (including phenoxy) is 5. The van der Waals surface area contributed by atoms with E-state index in [-0.39, 0.29) is 0 Å². The van der Waals surface area contributed by atoms with Gasteiger partial charge in [-0.1, -0.05) is 17.2 Å². The number of fused-ring (bicyclic) bond motifs is 1. The maximum absolute atomic E-state index is 6.09. The molecule has 156 valence electrons. The van der Waals surface area contributed by atoms with Crippen molar-refractivity contribution in [3.05, 3.63) is 46.1 Å². The monoisotopic (exact) mass is 390 g/mol. The highest BCUT2D eigenvalue weighted by molar-refractivity contribution is 5.57. The molecule has 5 nitrogen and oxygen atoms in total. The summed E-state index contributed by atoms with van der Waals surface area (Å²) < 4.78 is 28.9. The molecule has 0 radical (unpaired) electrons. The van der Waals surface area contributed by atoms with Gasteiger partial charge in [0.1, 0.15) is 18.1 Å². The second-order valence-corrected chi connectivity index (χ2v) is 7.51. The quantitative estimate of drug-likeness (QED) is 0.516. The smallest absolute Gasteiger partial charge is 0.195 e. The van der Waals surface area contributed by atoms with E-state index in [0.717, 1.165) is 35.3 Å². The number of benzene rings is 1. The van der Waals surface area contributed by atoms with Crippen LogP contribution in [0.15, 0.2) is 29.4 Å². The molecule has 1 aromatic carbocycles. The summed E-state index contributed by atoms with van der Waals surface area (Å²) >= 11 is 0. The standard InChI is InChI=1S/C23H34O5/c1-15(2)10-9-11-16(3)12-13-27-19-14-18-20(21(24-6)17(19)4)22(25-7)28-23(18,5)26-8/h10,12,14,22H,9,11,13H2,1-8H3/t22-,23+/m0/s1. The predicted octanol–water partition coefficient (Wildman–Crippen LogP) is 5.57. The Kier molecular flexibility index (Phi) is 7.70. The van der Waals surface area contributed by atoms with Crippen LogP contribution in [0.25, 0.3) is 0 Å². The van der Waals surface area contributed by atoms with Crippen LogP contribution in [0.2, 0.25) is 0 Å². The summed E-state index contributed by atoms with van der Waals surface area (Å²) in [6.45, 7) is 10.7. The molecule has 0 bridgehead atoms. The van der Waals surface area contributed by atoms with Gasteiger partial charge in [-0.25, -0.2) is 0 Å². The molecule has 0 saturated heterocycles. The summed E-state index contributed by atoms with van der Waals surface area (Å²) in [5.74, 6) is 0.558. The Bertz CT molecular complexity index is 746. The summed E-state index contributed by atoms with van der Waals surface area (Å²) in [5.41, 5.74) is 5.30. The summed E-state index contributed by atoms with van der Waals surface area (Å²) in [4.78, 5) is 0. The first-order valence-electron chi connectivity index (χ1n) is 9.66. The van der Waals surface area contributed by atoms with E-state index in [9.17, 15) is 0 Å². The zero-order valence-corrected chi connectivity index (χ0v) is 18.5. The molecule has 0 saturated carbocycles. The van der Waals surface area contributed by atoms with E-state index in [2.05, 4.69) is 32.9 Å². The van der Waals surface area contributed by atoms with E-state index in [1.165, 1.54) is 11.1 Å². The van der Waals surface area contributed by atoms with E-state index in [4.69, 9.17) is 23.7 Å². The van der Waals surface area contributed by atoms with Crippen LogP contribution in [-0.2, 0) is 20.0 Å². The fourth-order valence-corrected chi connectivity index (χ4v) is 3.39. The van der Waals surface area contributed by atoms with Crippen LogP contribution in [-0.4, -0.2) is 27.9 Å². The fraction of sp³-hybridized carbons (Fsp3) is 0.565. The van der Waals surface area contributed by atoms with Crippen molar-refractivity contribution in [3.8, 4) is 11.5 Å². The Hall–Kier alpha value is -1.82. The second-order valence-electron chi connectivity index (χ2n) is 7.51. The summed E-state index contributed by atoms with van der Waals surface area (Å²) in [6.07, 6.45) is 5.93. The summed E-state index contributed by atoms with van der Waals surface area (Å²) in [6, 6.07) is 1.97. The van der Waals surface area contributed by atoms with Gasteiger partial charge in [-0.2, -0.15) is 0 Å². The molecule has 0 aromatic heterocycles. The van der Waals surface area contributed by atoms with Crippen LogP contribution in [0.4, 0.5) is 0 Å². The number of rotatable bonds is 9. The van der Waals surface area contributed by atoms with Gasteiger partial charge >= 0.3 is 0 Å². The Balaban J connectivity index is 2.25. The Morgan fingerprint density at radius 3 is 2.46 bits per heavy atom. The first-order valence-corrected chi connectivity index (χ1v) is 9.66. The van der Waals surface area contributed by atoms with Crippen molar-refractivity contribution in [1.29, 1.82) is 0 Å². The average molecular weight is 391 g/mol. The Labute approximate surface area is 169 Å². The predicted molar refractivity (Wildman–Crippen MR) is 111 cm³/mol. The fourth-order valence-electron chi connectivity index (χ4n) is 3.39. The minimum absolute atomic E-state index is 0.502. The minimum Gasteiger partial charge on any atom is -0.496 e. The lowest BCUT2D eigenvalue weighted by Crippen LogP contribution is -2.23. The van der Waals surface area contributed by atoms with Gasteiger partial charge in [0.05, 0.1) is 12.7 Å². The van der Waals surface area contributed by atoms with Crippen LogP contribution >= 0.6 is 0 Å². The van der Waals surface area contributed by atoms with E-state index in [1.807, 2.05) is 19.9 Å². The molecule has 1 aliphatic heterocycles. The zero-order valence-electron chi connectivity index (χ0n) is 18.5. The molecule has 2 rings (SSSR count). The molecule has 1 aliphatic rings. The lowest BCUT2D eigenvalue weighted by Gasteiger charge is -2.24.